The summed E-state index contributed by atoms with van der Waals surface area (Å²) in [5, 5.41) is 0. The van der Waals surface area contributed by atoms with Crippen LogP contribution in [-0.4, -0.2) is 13.1 Å². The van der Waals surface area contributed by atoms with Crippen LogP contribution in [0.15, 0.2) is 18.2 Å². The Morgan fingerprint density at radius 2 is 1.64 bits per heavy atom. The first-order chi connectivity index (χ1) is 10.3. The molecule has 1 rings (SSSR count). The molecular weight excluding hydrogens is 293 g/mol. The molecule has 0 fully saturated rings. The molecule has 0 unspecified atom stereocenters. The van der Waals surface area contributed by atoms with E-state index >= 15 is 0 Å². The van der Waals surface area contributed by atoms with Crippen molar-refractivity contribution in [2.45, 2.75) is 45.7 Å². The molecular formula is C17H21F3O2. The molecule has 2 nitrogen and oxygen atoms in total. The van der Waals surface area contributed by atoms with Gasteiger partial charge in [-0.25, -0.2) is 4.79 Å². The predicted molar refractivity (Wildman–Crippen MR) is 80.5 cm³/mol. The second-order valence-corrected chi connectivity index (χ2v) is 5.06. The van der Waals surface area contributed by atoms with Gasteiger partial charge in [0, 0.05) is 6.08 Å². The van der Waals surface area contributed by atoms with E-state index in [1.54, 1.807) is 6.08 Å². The van der Waals surface area contributed by atoms with Crippen LogP contribution < -0.4 is 0 Å². The number of aryl methyl sites for hydroxylation is 2. The smallest absolute Gasteiger partial charge is 0.416 e. The van der Waals surface area contributed by atoms with E-state index in [-0.39, 0.29) is 0 Å². The van der Waals surface area contributed by atoms with Gasteiger partial charge in [0.25, 0.3) is 0 Å². The molecule has 0 heterocycles. The molecule has 0 atom stereocenters. The highest BCUT2D eigenvalue weighted by Crippen LogP contribution is 2.33. The van der Waals surface area contributed by atoms with E-state index in [1.165, 1.54) is 25.3 Å². The van der Waals surface area contributed by atoms with E-state index in [2.05, 4.69) is 4.74 Å². The number of carbonyl (C=O) groups excluding carboxylic acids is 1. The maximum atomic E-state index is 13.0. The van der Waals surface area contributed by atoms with Gasteiger partial charge in [0.15, 0.2) is 0 Å². The van der Waals surface area contributed by atoms with Crippen LogP contribution >= 0.6 is 0 Å². The standard InChI is InChI=1S/C17H21F3O2/c1-4-6-12-10-14(17(18,19)20)11-13(7-5-2)15(12)8-9-16(21)22-3/h8-11H,4-7H2,1-3H3. The highest BCUT2D eigenvalue weighted by Gasteiger charge is 2.31. The SMILES string of the molecule is CCCc1cc(C(F)(F)F)cc(CCC)c1C=CC(=O)OC. The minimum atomic E-state index is -4.37. The summed E-state index contributed by atoms with van der Waals surface area (Å²) in [6.45, 7) is 3.82. The maximum absolute atomic E-state index is 13.0. The zero-order valence-electron chi connectivity index (χ0n) is 13.1. The van der Waals surface area contributed by atoms with Crippen molar-refractivity contribution in [2.75, 3.05) is 7.11 Å². The van der Waals surface area contributed by atoms with Gasteiger partial charge in [-0.15, -0.1) is 0 Å². The van der Waals surface area contributed by atoms with Gasteiger partial charge in [-0.2, -0.15) is 13.2 Å². The molecule has 0 saturated heterocycles. The number of ether oxygens (including phenoxy) is 1. The van der Waals surface area contributed by atoms with Gasteiger partial charge < -0.3 is 4.74 Å². The lowest BCUT2D eigenvalue weighted by Gasteiger charge is -2.16. The van der Waals surface area contributed by atoms with Crippen molar-refractivity contribution in [1.82, 2.24) is 0 Å². The van der Waals surface area contributed by atoms with Crippen LogP contribution in [0.5, 0.6) is 0 Å². The largest absolute Gasteiger partial charge is 0.466 e. The van der Waals surface area contributed by atoms with E-state index in [0.29, 0.717) is 29.5 Å². The Labute approximate surface area is 129 Å². The maximum Gasteiger partial charge on any atom is 0.416 e. The number of halogens is 3. The van der Waals surface area contributed by atoms with Crippen LogP contribution in [-0.2, 0) is 28.5 Å². The summed E-state index contributed by atoms with van der Waals surface area (Å²) in [6.07, 6.45) is 0.958. The van der Waals surface area contributed by atoms with Crippen molar-refractivity contribution in [3.63, 3.8) is 0 Å². The van der Waals surface area contributed by atoms with Crippen molar-refractivity contribution >= 4 is 12.0 Å². The van der Waals surface area contributed by atoms with E-state index in [0.717, 1.165) is 12.8 Å². The summed E-state index contributed by atoms with van der Waals surface area (Å²) >= 11 is 0. The second kappa shape index (κ2) is 8.01. The number of hydrogen-bond acceptors (Lipinski definition) is 2. The number of alkyl halides is 3. The topological polar surface area (TPSA) is 26.3 Å². The highest BCUT2D eigenvalue weighted by molar-refractivity contribution is 5.87. The van der Waals surface area contributed by atoms with Crippen LogP contribution in [0, 0.1) is 0 Å². The fourth-order valence-corrected chi connectivity index (χ4v) is 2.33. The summed E-state index contributed by atoms with van der Waals surface area (Å²) in [5.41, 5.74) is 1.29. The quantitative estimate of drug-likeness (QED) is 0.557. The molecule has 0 radical (unpaired) electrons. The van der Waals surface area contributed by atoms with Gasteiger partial charge >= 0.3 is 12.1 Å². The lowest BCUT2D eigenvalue weighted by atomic mass is 9.92. The van der Waals surface area contributed by atoms with Crippen molar-refractivity contribution in [2.24, 2.45) is 0 Å². The summed E-state index contributed by atoms with van der Waals surface area (Å²) in [7, 11) is 1.26. The molecule has 0 N–H and O–H groups in total. The van der Waals surface area contributed by atoms with Crippen molar-refractivity contribution in [3.05, 3.63) is 40.5 Å². The second-order valence-electron chi connectivity index (χ2n) is 5.06. The van der Waals surface area contributed by atoms with Crippen LogP contribution in [0.25, 0.3) is 6.08 Å². The molecule has 0 aliphatic rings. The van der Waals surface area contributed by atoms with Gasteiger partial charge in [-0.05, 0) is 47.7 Å². The fraction of sp³-hybridized carbons (Fsp3) is 0.471. The number of esters is 1. The van der Waals surface area contributed by atoms with E-state index < -0.39 is 17.7 Å². The van der Waals surface area contributed by atoms with Gasteiger partial charge in [0.1, 0.15) is 0 Å². The molecule has 122 valence electrons. The molecule has 0 aliphatic heterocycles. The molecule has 5 heteroatoms. The Kier molecular flexibility index (Phi) is 6.65. The Morgan fingerprint density at radius 1 is 1.14 bits per heavy atom. The first-order valence-electron chi connectivity index (χ1n) is 7.32. The van der Waals surface area contributed by atoms with Gasteiger partial charge in [0.2, 0.25) is 0 Å². The lowest BCUT2D eigenvalue weighted by Crippen LogP contribution is -2.09. The Morgan fingerprint density at radius 3 is 2.00 bits per heavy atom. The molecule has 0 saturated carbocycles. The number of rotatable bonds is 6. The van der Waals surface area contributed by atoms with Crippen LogP contribution in [0.1, 0.15) is 48.9 Å². The first-order valence-corrected chi connectivity index (χ1v) is 7.32. The molecule has 1 aromatic rings. The number of hydrogen-bond donors (Lipinski definition) is 0. The Hall–Kier alpha value is -1.78. The fourth-order valence-electron chi connectivity index (χ4n) is 2.33. The average Bonchev–Trinajstić information content (AvgIpc) is 2.45. The average molecular weight is 314 g/mol. The van der Waals surface area contributed by atoms with E-state index in [4.69, 9.17) is 0 Å². The molecule has 0 amide bonds. The third-order valence-electron chi connectivity index (χ3n) is 3.30. The molecule has 0 aliphatic carbocycles. The van der Waals surface area contributed by atoms with E-state index in [1.807, 2.05) is 13.8 Å². The number of benzene rings is 1. The summed E-state index contributed by atoms with van der Waals surface area (Å²) in [4.78, 5) is 11.3. The predicted octanol–water partition coefficient (Wildman–Crippen LogP) is 4.80. The zero-order valence-corrected chi connectivity index (χ0v) is 13.1. The summed E-state index contributed by atoms with van der Waals surface area (Å²) in [6, 6.07) is 2.36. The van der Waals surface area contributed by atoms with Gasteiger partial charge in [-0.1, -0.05) is 26.7 Å². The van der Waals surface area contributed by atoms with Crippen LogP contribution in [0.4, 0.5) is 13.2 Å². The van der Waals surface area contributed by atoms with Crippen molar-refractivity contribution in [3.8, 4) is 0 Å². The normalized spacial score (nSPS) is 11.9. The van der Waals surface area contributed by atoms with Gasteiger partial charge in [-0.3, -0.25) is 0 Å². The van der Waals surface area contributed by atoms with Crippen LogP contribution in [0.3, 0.4) is 0 Å². The monoisotopic (exact) mass is 314 g/mol. The van der Waals surface area contributed by atoms with Crippen LogP contribution in [0.2, 0.25) is 0 Å². The lowest BCUT2D eigenvalue weighted by molar-refractivity contribution is -0.137. The number of methoxy groups -OCH3 is 1. The van der Waals surface area contributed by atoms with Gasteiger partial charge in [0.05, 0.1) is 12.7 Å². The van der Waals surface area contributed by atoms with E-state index in [9.17, 15) is 18.0 Å². The summed E-state index contributed by atoms with van der Waals surface area (Å²) in [5.74, 6) is -0.523. The minimum absolute atomic E-state index is 0.523. The molecule has 22 heavy (non-hydrogen) atoms. The van der Waals surface area contributed by atoms with Crippen molar-refractivity contribution in [1.29, 1.82) is 0 Å². The zero-order chi connectivity index (χ0) is 16.8. The summed E-state index contributed by atoms with van der Waals surface area (Å²) < 4.78 is 43.7. The molecule has 0 bridgehead atoms. The minimum Gasteiger partial charge on any atom is -0.466 e. The van der Waals surface area contributed by atoms with Crippen molar-refractivity contribution < 1.29 is 22.7 Å². The number of carbonyl (C=O) groups is 1. The highest BCUT2D eigenvalue weighted by atomic mass is 19.4. The molecule has 0 aromatic heterocycles. The Bertz CT molecular complexity index is 518. The molecule has 0 spiro atoms. The third-order valence-corrected chi connectivity index (χ3v) is 3.30. The first kappa shape index (κ1) is 18.3. The Balaban J connectivity index is 3.42. The third kappa shape index (κ3) is 4.90. The molecule has 1 aromatic carbocycles.